The minimum Gasteiger partial charge on any atom is -0.444 e. The van der Waals surface area contributed by atoms with E-state index < -0.39 is 18.8 Å². The van der Waals surface area contributed by atoms with Gasteiger partial charge in [0.2, 0.25) is 0 Å². The van der Waals surface area contributed by atoms with Gasteiger partial charge in [-0.2, -0.15) is 0 Å². The molecule has 4 aromatic rings. The van der Waals surface area contributed by atoms with Crippen LogP contribution in [0.1, 0.15) is 33.3 Å². The number of benzene rings is 2. The molecule has 1 amide bonds. The Balaban J connectivity index is 0.000000196. The maximum atomic E-state index is 11.5. The summed E-state index contributed by atoms with van der Waals surface area (Å²) in [5.74, 6) is 0.469. The van der Waals surface area contributed by atoms with Gasteiger partial charge in [0.05, 0.1) is 5.52 Å². The van der Waals surface area contributed by atoms with Crippen LogP contribution in [0.15, 0.2) is 67.4 Å². The normalized spacial score (nSPS) is 10.9. The summed E-state index contributed by atoms with van der Waals surface area (Å²) in [4.78, 5) is 20.3. The van der Waals surface area contributed by atoms with Crippen LogP contribution in [0.25, 0.3) is 27.4 Å². The van der Waals surface area contributed by atoms with Crippen LogP contribution in [0.3, 0.4) is 0 Å². The lowest BCUT2D eigenvalue weighted by molar-refractivity contribution is 0.0636. The standard InChI is InChI=1S/C15H13N3.C11H16BNO4/c1-9(2)10-7-12-11-5-3-4-6-13(11)18-15(16)14(12)17-8-10;1-11(2,3)17-10(14)13-9-7-5-4-6-8(9)12(15)16/h3-8H,1H2,2H3,(H2,16,18);4-7,15-16H,1-3H3,(H,13,14). The molecule has 0 aliphatic heterocycles. The van der Waals surface area contributed by atoms with Crippen LogP contribution in [-0.4, -0.2) is 38.8 Å². The molecule has 0 radical (unpaired) electrons. The average molecular weight is 472 g/mol. The first-order valence-electron chi connectivity index (χ1n) is 11.0. The Hall–Kier alpha value is -3.95. The van der Waals surface area contributed by atoms with Gasteiger partial charge in [-0.3, -0.25) is 10.3 Å². The van der Waals surface area contributed by atoms with Crippen molar-refractivity contribution in [1.29, 1.82) is 0 Å². The number of carbonyl (C=O) groups excluding carboxylic acids is 1. The number of allylic oxidation sites excluding steroid dienone is 1. The molecule has 0 spiro atoms. The van der Waals surface area contributed by atoms with E-state index in [0.29, 0.717) is 11.5 Å². The van der Waals surface area contributed by atoms with Crippen molar-refractivity contribution >= 4 is 57.6 Å². The Morgan fingerprint density at radius 3 is 2.40 bits per heavy atom. The van der Waals surface area contributed by atoms with E-state index in [9.17, 15) is 4.79 Å². The fourth-order valence-electron chi connectivity index (χ4n) is 3.34. The summed E-state index contributed by atoms with van der Waals surface area (Å²) >= 11 is 0. The molecular formula is C26H29BN4O4. The van der Waals surface area contributed by atoms with Gasteiger partial charge in [0.25, 0.3) is 0 Å². The molecule has 35 heavy (non-hydrogen) atoms. The zero-order chi connectivity index (χ0) is 25.8. The van der Waals surface area contributed by atoms with Crippen molar-refractivity contribution in [3.05, 3.63) is 72.9 Å². The first-order chi connectivity index (χ1) is 16.5. The van der Waals surface area contributed by atoms with E-state index in [0.717, 1.165) is 32.9 Å². The zero-order valence-corrected chi connectivity index (χ0v) is 20.2. The van der Waals surface area contributed by atoms with Gasteiger partial charge in [0.1, 0.15) is 11.1 Å². The van der Waals surface area contributed by atoms with E-state index in [1.54, 1.807) is 45.2 Å². The first-order valence-corrected chi connectivity index (χ1v) is 11.0. The summed E-state index contributed by atoms with van der Waals surface area (Å²) in [6.45, 7) is 11.2. The lowest BCUT2D eigenvalue weighted by Gasteiger charge is -2.20. The van der Waals surface area contributed by atoms with Crippen LogP contribution in [0.4, 0.5) is 16.3 Å². The molecule has 5 N–H and O–H groups in total. The van der Waals surface area contributed by atoms with Crippen LogP contribution in [0.2, 0.25) is 0 Å². The number of amides is 1. The highest BCUT2D eigenvalue weighted by Crippen LogP contribution is 2.28. The summed E-state index contributed by atoms with van der Waals surface area (Å²) in [7, 11) is -1.64. The highest BCUT2D eigenvalue weighted by atomic mass is 16.6. The maximum Gasteiger partial charge on any atom is 0.490 e. The number of nitrogens with one attached hydrogen (secondary N) is 1. The van der Waals surface area contributed by atoms with Crippen molar-refractivity contribution in [3.8, 4) is 0 Å². The third kappa shape index (κ3) is 6.56. The van der Waals surface area contributed by atoms with E-state index in [-0.39, 0.29) is 5.46 Å². The third-order valence-corrected chi connectivity index (χ3v) is 4.93. The van der Waals surface area contributed by atoms with Crippen LogP contribution in [-0.2, 0) is 4.74 Å². The molecule has 0 aliphatic rings. The topological polar surface area (TPSA) is 131 Å². The highest BCUT2D eigenvalue weighted by molar-refractivity contribution is 6.60. The number of pyridine rings is 2. The number of anilines is 2. The molecule has 8 nitrogen and oxygen atoms in total. The van der Waals surface area contributed by atoms with E-state index in [1.807, 2.05) is 31.2 Å². The molecule has 180 valence electrons. The monoisotopic (exact) mass is 472 g/mol. The molecule has 0 bridgehead atoms. The van der Waals surface area contributed by atoms with Crippen molar-refractivity contribution in [2.75, 3.05) is 11.1 Å². The minimum absolute atomic E-state index is 0.221. The lowest BCUT2D eigenvalue weighted by atomic mass is 9.79. The molecule has 0 unspecified atom stereocenters. The van der Waals surface area contributed by atoms with Gasteiger partial charge >= 0.3 is 13.2 Å². The fourth-order valence-corrected chi connectivity index (χ4v) is 3.34. The molecule has 0 atom stereocenters. The number of hydrogen-bond donors (Lipinski definition) is 4. The Kier molecular flexibility index (Phi) is 7.73. The second-order valence-corrected chi connectivity index (χ2v) is 9.00. The van der Waals surface area contributed by atoms with Gasteiger partial charge in [0, 0.05) is 28.1 Å². The van der Waals surface area contributed by atoms with E-state index in [2.05, 4.69) is 27.9 Å². The predicted molar refractivity (Wildman–Crippen MR) is 142 cm³/mol. The number of hydrogen-bond acceptors (Lipinski definition) is 7. The lowest BCUT2D eigenvalue weighted by Crippen LogP contribution is -2.35. The van der Waals surface area contributed by atoms with Gasteiger partial charge in [0.15, 0.2) is 5.82 Å². The summed E-state index contributed by atoms with van der Waals surface area (Å²) in [6, 6.07) is 16.4. The summed E-state index contributed by atoms with van der Waals surface area (Å²) in [5.41, 5.74) is 9.55. The van der Waals surface area contributed by atoms with Gasteiger partial charge in [-0.15, -0.1) is 0 Å². The Morgan fingerprint density at radius 1 is 1.09 bits per heavy atom. The largest absolute Gasteiger partial charge is 0.490 e. The second-order valence-electron chi connectivity index (χ2n) is 9.00. The van der Waals surface area contributed by atoms with Crippen LogP contribution in [0.5, 0.6) is 0 Å². The van der Waals surface area contributed by atoms with Gasteiger partial charge < -0.3 is 20.5 Å². The minimum atomic E-state index is -1.64. The predicted octanol–water partition coefficient (Wildman–Crippen LogP) is 4.11. The average Bonchev–Trinajstić information content (AvgIpc) is 2.78. The van der Waals surface area contributed by atoms with Crippen LogP contribution in [0, 0.1) is 0 Å². The number of rotatable bonds is 3. The van der Waals surface area contributed by atoms with Crippen molar-refractivity contribution < 1.29 is 19.6 Å². The van der Waals surface area contributed by atoms with E-state index >= 15 is 0 Å². The molecule has 4 rings (SSSR count). The number of para-hydroxylation sites is 2. The van der Waals surface area contributed by atoms with Gasteiger partial charge in [-0.25, -0.2) is 9.78 Å². The number of carbonyl (C=O) groups is 1. The summed E-state index contributed by atoms with van der Waals surface area (Å²) in [6.07, 6.45) is 1.16. The number of aromatic nitrogens is 2. The molecule has 9 heteroatoms. The molecule has 0 aliphatic carbocycles. The highest BCUT2D eigenvalue weighted by Gasteiger charge is 2.20. The van der Waals surface area contributed by atoms with Crippen molar-refractivity contribution in [2.24, 2.45) is 0 Å². The Bertz CT molecular complexity index is 1380. The molecule has 2 aromatic heterocycles. The molecule has 0 saturated carbocycles. The number of nitrogens with two attached hydrogens (primary N) is 1. The SMILES string of the molecule is C=C(C)c1cnc2c(N)nc3ccccc3c2c1.CC(C)(C)OC(=O)Nc1ccccc1B(O)O. The molecule has 2 aromatic carbocycles. The van der Waals surface area contributed by atoms with Crippen molar-refractivity contribution in [1.82, 2.24) is 9.97 Å². The second kappa shape index (κ2) is 10.5. The third-order valence-electron chi connectivity index (χ3n) is 4.93. The Morgan fingerprint density at radius 2 is 1.74 bits per heavy atom. The number of ether oxygens (including phenoxy) is 1. The van der Waals surface area contributed by atoms with Crippen molar-refractivity contribution in [2.45, 2.75) is 33.3 Å². The molecule has 2 heterocycles. The number of fused-ring (bicyclic) bond motifs is 3. The van der Waals surface area contributed by atoms with Gasteiger partial charge in [-0.1, -0.05) is 43.0 Å². The van der Waals surface area contributed by atoms with E-state index in [1.165, 1.54) is 6.07 Å². The maximum absolute atomic E-state index is 11.5. The zero-order valence-electron chi connectivity index (χ0n) is 20.2. The Labute approximate surface area is 204 Å². The summed E-state index contributed by atoms with van der Waals surface area (Å²) in [5, 5.41) is 22.8. The van der Waals surface area contributed by atoms with Crippen LogP contribution >= 0.6 is 0 Å². The number of nitrogen functional groups attached to an aromatic ring is 1. The van der Waals surface area contributed by atoms with Crippen LogP contribution < -0.4 is 16.5 Å². The fraction of sp³-hybridized carbons (Fsp3) is 0.192. The molecule has 0 fully saturated rings. The molecule has 0 saturated heterocycles. The quantitative estimate of drug-likeness (QED) is 0.261. The first kappa shape index (κ1) is 25.7. The molecular weight excluding hydrogens is 443 g/mol. The van der Waals surface area contributed by atoms with Gasteiger partial charge in [-0.05, 0) is 57.0 Å². The number of nitrogens with zero attached hydrogens (tertiary/aromatic N) is 2. The van der Waals surface area contributed by atoms with E-state index in [4.69, 9.17) is 20.5 Å². The smallest absolute Gasteiger partial charge is 0.444 e. The van der Waals surface area contributed by atoms with Crippen molar-refractivity contribution in [3.63, 3.8) is 0 Å². The summed E-state index contributed by atoms with van der Waals surface area (Å²) < 4.78 is 5.06.